The highest BCUT2D eigenvalue weighted by molar-refractivity contribution is 5.76. The van der Waals surface area contributed by atoms with Gasteiger partial charge in [-0.05, 0) is 25.7 Å². The zero-order valence-corrected chi connectivity index (χ0v) is 9.27. The number of carbonyl (C=O) groups excluding carboxylic acids is 1. The average molecular weight is 199 g/mol. The van der Waals surface area contributed by atoms with Crippen LogP contribution in [0.4, 0.5) is 0 Å². The zero-order valence-electron chi connectivity index (χ0n) is 9.27. The number of rotatable bonds is 6. The van der Waals surface area contributed by atoms with Crippen molar-refractivity contribution in [3.05, 3.63) is 0 Å². The van der Waals surface area contributed by atoms with Gasteiger partial charge >= 0.3 is 0 Å². The van der Waals surface area contributed by atoms with E-state index in [-0.39, 0.29) is 11.4 Å². The first kappa shape index (κ1) is 11.5. The third-order valence-electron chi connectivity index (χ3n) is 2.89. The Balaban J connectivity index is 2.29. The highest BCUT2D eigenvalue weighted by Crippen LogP contribution is 2.32. The van der Waals surface area contributed by atoms with E-state index in [2.05, 4.69) is 12.2 Å². The number of hydrogen-bond acceptors (Lipinski definition) is 2. The van der Waals surface area contributed by atoms with Gasteiger partial charge in [0.05, 0.1) is 12.1 Å². The SMILES string of the molecule is CCCCC(=O)NC1(COC)CCC1. The summed E-state index contributed by atoms with van der Waals surface area (Å²) in [5.41, 5.74) is -0.0282. The van der Waals surface area contributed by atoms with Crippen LogP contribution in [-0.4, -0.2) is 25.2 Å². The molecule has 0 saturated heterocycles. The minimum Gasteiger partial charge on any atom is -0.382 e. The van der Waals surface area contributed by atoms with E-state index in [1.807, 2.05) is 0 Å². The van der Waals surface area contributed by atoms with Gasteiger partial charge in [0.15, 0.2) is 0 Å². The van der Waals surface area contributed by atoms with Gasteiger partial charge in [-0.25, -0.2) is 0 Å². The van der Waals surface area contributed by atoms with E-state index in [0.717, 1.165) is 25.7 Å². The Morgan fingerprint density at radius 1 is 1.50 bits per heavy atom. The van der Waals surface area contributed by atoms with Crippen molar-refractivity contribution in [1.29, 1.82) is 0 Å². The molecule has 0 aromatic heterocycles. The van der Waals surface area contributed by atoms with E-state index in [9.17, 15) is 4.79 Å². The van der Waals surface area contributed by atoms with Crippen LogP contribution in [0.5, 0.6) is 0 Å². The second-order valence-corrected chi connectivity index (χ2v) is 4.22. The van der Waals surface area contributed by atoms with Crippen LogP contribution < -0.4 is 5.32 Å². The van der Waals surface area contributed by atoms with E-state index < -0.39 is 0 Å². The number of methoxy groups -OCH3 is 1. The lowest BCUT2D eigenvalue weighted by Gasteiger charge is -2.42. The van der Waals surface area contributed by atoms with Gasteiger partial charge in [-0.2, -0.15) is 0 Å². The number of amides is 1. The lowest BCUT2D eigenvalue weighted by Crippen LogP contribution is -2.56. The van der Waals surface area contributed by atoms with E-state index in [4.69, 9.17) is 4.74 Å². The third-order valence-corrected chi connectivity index (χ3v) is 2.89. The fourth-order valence-electron chi connectivity index (χ4n) is 1.88. The van der Waals surface area contributed by atoms with E-state index in [0.29, 0.717) is 13.0 Å². The molecular formula is C11H21NO2. The maximum absolute atomic E-state index is 11.5. The first-order valence-electron chi connectivity index (χ1n) is 5.52. The van der Waals surface area contributed by atoms with Crippen molar-refractivity contribution in [2.24, 2.45) is 0 Å². The van der Waals surface area contributed by atoms with Crippen molar-refractivity contribution in [2.75, 3.05) is 13.7 Å². The van der Waals surface area contributed by atoms with E-state index in [1.165, 1.54) is 6.42 Å². The van der Waals surface area contributed by atoms with Crippen molar-refractivity contribution < 1.29 is 9.53 Å². The Hall–Kier alpha value is -0.570. The van der Waals surface area contributed by atoms with Gasteiger partial charge in [0.1, 0.15) is 0 Å². The maximum Gasteiger partial charge on any atom is 0.220 e. The summed E-state index contributed by atoms with van der Waals surface area (Å²) in [6.45, 7) is 2.76. The average Bonchev–Trinajstić information content (AvgIpc) is 2.11. The first-order valence-corrected chi connectivity index (χ1v) is 5.52. The summed E-state index contributed by atoms with van der Waals surface area (Å²) in [4.78, 5) is 11.5. The Kier molecular flexibility index (Phi) is 4.39. The maximum atomic E-state index is 11.5. The number of nitrogens with one attached hydrogen (secondary N) is 1. The number of unbranched alkanes of at least 4 members (excludes halogenated alkanes) is 1. The summed E-state index contributed by atoms with van der Waals surface area (Å²) in [6, 6.07) is 0. The largest absolute Gasteiger partial charge is 0.382 e. The van der Waals surface area contributed by atoms with Crippen molar-refractivity contribution in [3.8, 4) is 0 Å². The van der Waals surface area contributed by atoms with Crippen molar-refractivity contribution >= 4 is 5.91 Å². The molecule has 82 valence electrons. The Bertz CT molecular complexity index is 188. The molecule has 1 amide bonds. The van der Waals surface area contributed by atoms with Crippen LogP contribution in [0.3, 0.4) is 0 Å². The van der Waals surface area contributed by atoms with Crippen LogP contribution in [0, 0.1) is 0 Å². The molecule has 0 aromatic rings. The number of ether oxygens (including phenoxy) is 1. The zero-order chi connectivity index (χ0) is 10.4. The molecule has 0 bridgehead atoms. The van der Waals surface area contributed by atoms with Crippen LogP contribution in [0.15, 0.2) is 0 Å². The van der Waals surface area contributed by atoms with Crippen LogP contribution >= 0.6 is 0 Å². The van der Waals surface area contributed by atoms with Gasteiger partial charge in [0.2, 0.25) is 5.91 Å². The third kappa shape index (κ3) is 2.98. The monoisotopic (exact) mass is 199 g/mol. The van der Waals surface area contributed by atoms with Gasteiger partial charge in [0, 0.05) is 13.5 Å². The predicted molar refractivity (Wildman–Crippen MR) is 56.1 cm³/mol. The summed E-state index contributed by atoms with van der Waals surface area (Å²) in [6.07, 6.45) is 6.05. The summed E-state index contributed by atoms with van der Waals surface area (Å²) in [5, 5.41) is 3.10. The summed E-state index contributed by atoms with van der Waals surface area (Å²) < 4.78 is 5.14. The quantitative estimate of drug-likeness (QED) is 0.709. The second kappa shape index (κ2) is 5.35. The van der Waals surface area contributed by atoms with Crippen LogP contribution in [0.25, 0.3) is 0 Å². The molecule has 1 rings (SSSR count). The lowest BCUT2D eigenvalue weighted by molar-refractivity contribution is -0.125. The summed E-state index contributed by atoms with van der Waals surface area (Å²) >= 11 is 0. The minimum absolute atomic E-state index is 0.0282. The normalized spacial score (nSPS) is 18.7. The van der Waals surface area contributed by atoms with Gasteiger partial charge in [0.25, 0.3) is 0 Å². The molecule has 1 N–H and O–H groups in total. The second-order valence-electron chi connectivity index (χ2n) is 4.22. The fraction of sp³-hybridized carbons (Fsp3) is 0.909. The minimum atomic E-state index is -0.0282. The summed E-state index contributed by atoms with van der Waals surface area (Å²) in [7, 11) is 1.69. The predicted octanol–water partition coefficient (Wildman–Crippen LogP) is 1.86. The molecule has 3 heteroatoms. The van der Waals surface area contributed by atoms with Crippen molar-refractivity contribution in [2.45, 2.75) is 51.0 Å². The molecule has 0 heterocycles. The van der Waals surface area contributed by atoms with Gasteiger partial charge < -0.3 is 10.1 Å². The standard InChI is InChI=1S/C11H21NO2/c1-3-4-6-10(13)12-11(9-14-2)7-5-8-11/h3-9H2,1-2H3,(H,12,13). The molecule has 0 aromatic carbocycles. The topological polar surface area (TPSA) is 38.3 Å². The van der Waals surface area contributed by atoms with Crippen LogP contribution in [0.2, 0.25) is 0 Å². The Labute approximate surface area is 86.2 Å². The van der Waals surface area contributed by atoms with Gasteiger partial charge in [-0.3, -0.25) is 4.79 Å². The van der Waals surface area contributed by atoms with E-state index >= 15 is 0 Å². The molecule has 0 aliphatic heterocycles. The number of hydrogen-bond donors (Lipinski definition) is 1. The molecular weight excluding hydrogens is 178 g/mol. The van der Waals surface area contributed by atoms with Crippen molar-refractivity contribution in [1.82, 2.24) is 5.32 Å². The smallest absolute Gasteiger partial charge is 0.220 e. The molecule has 0 radical (unpaired) electrons. The van der Waals surface area contributed by atoms with Crippen LogP contribution in [-0.2, 0) is 9.53 Å². The highest BCUT2D eigenvalue weighted by Gasteiger charge is 2.37. The summed E-state index contributed by atoms with van der Waals surface area (Å²) in [5.74, 6) is 0.184. The molecule has 0 atom stereocenters. The van der Waals surface area contributed by atoms with Gasteiger partial charge in [-0.15, -0.1) is 0 Å². The molecule has 1 saturated carbocycles. The lowest BCUT2D eigenvalue weighted by atomic mass is 9.77. The van der Waals surface area contributed by atoms with Gasteiger partial charge in [-0.1, -0.05) is 13.3 Å². The van der Waals surface area contributed by atoms with Crippen molar-refractivity contribution in [3.63, 3.8) is 0 Å². The highest BCUT2D eigenvalue weighted by atomic mass is 16.5. The fourth-order valence-corrected chi connectivity index (χ4v) is 1.88. The molecule has 14 heavy (non-hydrogen) atoms. The molecule has 1 fully saturated rings. The molecule has 0 unspecified atom stereocenters. The molecule has 3 nitrogen and oxygen atoms in total. The number of carbonyl (C=O) groups is 1. The van der Waals surface area contributed by atoms with Crippen LogP contribution in [0.1, 0.15) is 45.4 Å². The molecule has 1 aliphatic rings. The molecule has 1 aliphatic carbocycles. The Morgan fingerprint density at radius 3 is 2.64 bits per heavy atom. The first-order chi connectivity index (χ1) is 6.72. The Morgan fingerprint density at radius 2 is 2.21 bits per heavy atom. The molecule has 0 spiro atoms. The van der Waals surface area contributed by atoms with E-state index in [1.54, 1.807) is 7.11 Å².